The molecule has 1 aromatic heterocycles. The molecular weight excluding hydrogens is 256 g/mol. The molecule has 19 heavy (non-hydrogen) atoms. The molecule has 1 amide bonds. The number of nitrogens with zero attached hydrogens (tertiary/aromatic N) is 3. The van der Waals surface area contributed by atoms with Crippen LogP contribution in [0.5, 0.6) is 0 Å². The van der Waals surface area contributed by atoms with Gasteiger partial charge in [0.1, 0.15) is 6.54 Å². The van der Waals surface area contributed by atoms with Crippen molar-refractivity contribution < 1.29 is 19.2 Å². The molecule has 0 aliphatic rings. The number of nitrogens with two attached hydrogens (primary N) is 1. The van der Waals surface area contributed by atoms with Gasteiger partial charge in [0.25, 0.3) is 5.91 Å². The van der Waals surface area contributed by atoms with Crippen molar-refractivity contribution in [3.8, 4) is 0 Å². The largest absolute Gasteiger partial charge is 0.402 e. The van der Waals surface area contributed by atoms with E-state index in [2.05, 4.69) is 5.10 Å². The van der Waals surface area contributed by atoms with Crippen LogP contribution < -0.4 is 5.73 Å². The summed E-state index contributed by atoms with van der Waals surface area (Å²) in [5, 5.41) is 14.4. The molecule has 0 unspecified atom stereocenters. The molecule has 1 rings (SSSR count). The van der Waals surface area contributed by atoms with E-state index in [1.807, 2.05) is 0 Å². The molecule has 0 aromatic carbocycles. The first-order chi connectivity index (χ1) is 8.99. The molecule has 106 valence electrons. The highest BCUT2D eigenvalue weighted by atomic mass is 16.7. The van der Waals surface area contributed by atoms with Crippen molar-refractivity contribution in [3.05, 3.63) is 21.9 Å². The van der Waals surface area contributed by atoms with E-state index in [1.165, 1.54) is 10.9 Å². The Morgan fingerprint density at radius 3 is 2.47 bits per heavy atom. The van der Waals surface area contributed by atoms with Crippen molar-refractivity contribution in [2.45, 2.75) is 26.7 Å². The lowest BCUT2D eigenvalue weighted by Gasteiger charge is -2.14. The molecular formula is C10H16N4O5. The maximum Gasteiger partial charge on any atom is 0.402 e. The van der Waals surface area contributed by atoms with Gasteiger partial charge in [0.2, 0.25) is 0 Å². The molecule has 0 radical (unpaired) electrons. The highest BCUT2D eigenvalue weighted by molar-refractivity contribution is 5.95. The second kappa shape index (κ2) is 6.81. The van der Waals surface area contributed by atoms with Gasteiger partial charge in [-0.15, -0.1) is 0 Å². The average molecular weight is 272 g/mol. The number of ether oxygens (including phenoxy) is 2. The number of hydrogen-bond acceptors (Lipinski definition) is 6. The molecule has 0 fully saturated rings. The summed E-state index contributed by atoms with van der Waals surface area (Å²) in [7, 11) is 0. The van der Waals surface area contributed by atoms with Crippen molar-refractivity contribution in [2.75, 3.05) is 13.2 Å². The van der Waals surface area contributed by atoms with Gasteiger partial charge in [0.15, 0.2) is 11.9 Å². The molecule has 0 aliphatic heterocycles. The fourth-order valence-corrected chi connectivity index (χ4v) is 1.49. The fraction of sp³-hybridized carbons (Fsp3) is 0.600. The van der Waals surface area contributed by atoms with Crippen LogP contribution in [0.25, 0.3) is 0 Å². The van der Waals surface area contributed by atoms with Crippen LogP contribution in [0.1, 0.15) is 24.2 Å². The van der Waals surface area contributed by atoms with Crippen molar-refractivity contribution in [3.63, 3.8) is 0 Å². The van der Waals surface area contributed by atoms with E-state index >= 15 is 0 Å². The molecule has 0 saturated carbocycles. The smallest absolute Gasteiger partial charge is 0.365 e. The Labute approximate surface area is 109 Å². The Morgan fingerprint density at radius 1 is 1.53 bits per heavy atom. The second-order valence-corrected chi connectivity index (χ2v) is 3.55. The minimum absolute atomic E-state index is 0.135. The van der Waals surface area contributed by atoms with Gasteiger partial charge in [0.05, 0.1) is 11.3 Å². The summed E-state index contributed by atoms with van der Waals surface area (Å²) in [6.45, 7) is 4.59. The number of hydrogen-bond donors (Lipinski definition) is 1. The van der Waals surface area contributed by atoms with Gasteiger partial charge in [-0.2, -0.15) is 4.68 Å². The molecule has 1 heterocycles. The van der Waals surface area contributed by atoms with Crippen molar-refractivity contribution >= 4 is 11.7 Å². The summed E-state index contributed by atoms with van der Waals surface area (Å²) in [5.41, 5.74) is 4.82. The van der Waals surface area contributed by atoms with Crippen LogP contribution in [-0.4, -0.2) is 40.1 Å². The third-order valence-corrected chi connectivity index (χ3v) is 2.22. The Kier molecular flexibility index (Phi) is 5.39. The first kappa shape index (κ1) is 15.1. The summed E-state index contributed by atoms with van der Waals surface area (Å²) >= 11 is 0. The van der Waals surface area contributed by atoms with Gasteiger partial charge >= 0.3 is 5.82 Å². The standard InChI is InChI=1S/C10H16N4O5/c1-3-18-8(19-4-2)6-13-5-7(9(11)15)10(12-13)14(16)17/h5,8H,3-4,6H2,1-2H3,(H2,11,15). The van der Waals surface area contributed by atoms with Gasteiger partial charge in [-0.25, -0.2) is 0 Å². The zero-order valence-electron chi connectivity index (χ0n) is 10.7. The topological polar surface area (TPSA) is 123 Å². The SMILES string of the molecule is CCOC(Cn1cc(C(N)=O)c([N+](=O)[O-])n1)OCC. The Morgan fingerprint density at radius 2 is 2.11 bits per heavy atom. The molecule has 0 aliphatic carbocycles. The zero-order valence-corrected chi connectivity index (χ0v) is 10.7. The number of nitro groups is 1. The van der Waals surface area contributed by atoms with Crippen LogP contribution in [0, 0.1) is 10.1 Å². The highest BCUT2D eigenvalue weighted by Gasteiger charge is 2.26. The van der Waals surface area contributed by atoms with Gasteiger partial charge in [-0.3, -0.25) is 4.79 Å². The lowest BCUT2D eigenvalue weighted by Crippen LogP contribution is -2.24. The average Bonchev–Trinajstić information content (AvgIpc) is 2.74. The molecule has 1 aromatic rings. The van der Waals surface area contributed by atoms with Crippen LogP contribution >= 0.6 is 0 Å². The number of aromatic nitrogens is 2. The Hall–Kier alpha value is -2.00. The number of amides is 1. The lowest BCUT2D eigenvalue weighted by atomic mass is 10.3. The predicted molar refractivity (Wildman–Crippen MR) is 64.4 cm³/mol. The van der Waals surface area contributed by atoms with Crippen LogP contribution in [0.2, 0.25) is 0 Å². The zero-order chi connectivity index (χ0) is 14.4. The van der Waals surface area contributed by atoms with E-state index in [0.29, 0.717) is 13.2 Å². The number of rotatable bonds is 8. The molecule has 0 atom stereocenters. The Bertz CT molecular complexity index is 421. The number of primary amides is 1. The molecule has 9 nitrogen and oxygen atoms in total. The van der Waals surface area contributed by atoms with Crippen molar-refractivity contribution in [1.29, 1.82) is 0 Å². The molecule has 2 N–H and O–H groups in total. The van der Waals surface area contributed by atoms with Crippen LogP contribution in [0.4, 0.5) is 5.82 Å². The van der Waals surface area contributed by atoms with E-state index in [-0.39, 0.29) is 12.1 Å². The normalized spacial score (nSPS) is 10.9. The Balaban J connectivity index is 2.91. The minimum atomic E-state index is -0.901. The second-order valence-electron chi connectivity index (χ2n) is 3.55. The van der Waals surface area contributed by atoms with E-state index in [9.17, 15) is 14.9 Å². The highest BCUT2D eigenvalue weighted by Crippen LogP contribution is 2.15. The van der Waals surface area contributed by atoms with Crippen LogP contribution in [-0.2, 0) is 16.0 Å². The van der Waals surface area contributed by atoms with Crippen LogP contribution in [0.15, 0.2) is 6.20 Å². The van der Waals surface area contributed by atoms with E-state index < -0.39 is 22.9 Å². The van der Waals surface area contributed by atoms with E-state index in [0.717, 1.165) is 0 Å². The van der Waals surface area contributed by atoms with Gasteiger partial charge in [0, 0.05) is 13.2 Å². The van der Waals surface area contributed by atoms with E-state index in [4.69, 9.17) is 15.2 Å². The minimum Gasteiger partial charge on any atom is -0.365 e. The summed E-state index contributed by atoms with van der Waals surface area (Å²) in [4.78, 5) is 21.1. The van der Waals surface area contributed by atoms with Crippen molar-refractivity contribution in [1.82, 2.24) is 9.78 Å². The summed E-state index contributed by atoms with van der Waals surface area (Å²) in [6.07, 6.45) is 0.626. The third-order valence-electron chi connectivity index (χ3n) is 2.22. The lowest BCUT2D eigenvalue weighted by molar-refractivity contribution is -0.390. The summed E-state index contributed by atoms with van der Waals surface area (Å²) in [6, 6.07) is 0. The van der Waals surface area contributed by atoms with E-state index in [1.54, 1.807) is 13.8 Å². The predicted octanol–water partition coefficient (Wildman–Crippen LogP) is 0.289. The quantitative estimate of drug-likeness (QED) is 0.412. The first-order valence-electron chi connectivity index (χ1n) is 5.74. The fourth-order valence-electron chi connectivity index (χ4n) is 1.49. The third kappa shape index (κ3) is 4.00. The summed E-state index contributed by atoms with van der Waals surface area (Å²) < 4.78 is 11.8. The summed E-state index contributed by atoms with van der Waals surface area (Å²) in [5.74, 6) is -1.47. The molecule has 9 heteroatoms. The molecule has 0 saturated heterocycles. The molecule has 0 spiro atoms. The number of carbonyl (C=O) groups is 1. The number of carbonyl (C=O) groups excluding carboxylic acids is 1. The van der Waals surface area contributed by atoms with Crippen LogP contribution in [0.3, 0.4) is 0 Å². The molecule has 0 bridgehead atoms. The first-order valence-corrected chi connectivity index (χ1v) is 5.74. The van der Waals surface area contributed by atoms with Gasteiger partial charge in [-0.05, 0) is 18.8 Å². The van der Waals surface area contributed by atoms with Gasteiger partial charge in [-0.1, -0.05) is 0 Å². The monoisotopic (exact) mass is 272 g/mol. The maximum absolute atomic E-state index is 11.1. The van der Waals surface area contributed by atoms with Crippen molar-refractivity contribution in [2.24, 2.45) is 5.73 Å². The van der Waals surface area contributed by atoms with Gasteiger partial charge < -0.3 is 25.3 Å². The maximum atomic E-state index is 11.1.